The van der Waals surface area contributed by atoms with E-state index in [-0.39, 0.29) is 0 Å². The molecular weight excluding hydrogens is 221 g/mol. The smallest absolute Gasteiger partial charge is 0.257 e. The third-order valence-electron chi connectivity index (χ3n) is 1.92. The van der Waals surface area contributed by atoms with E-state index in [1.165, 1.54) is 19.6 Å². The topological polar surface area (TPSA) is 29.1 Å². The lowest BCUT2D eigenvalue weighted by atomic mass is 10.1. The van der Waals surface area contributed by atoms with Crippen molar-refractivity contribution < 1.29 is 9.18 Å². The van der Waals surface area contributed by atoms with E-state index in [0.29, 0.717) is 11.8 Å². The molecule has 0 bridgehead atoms. The monoisotopic (exact) mass is 237 g/mol. The molecule has 0 aliphatic carbocycles. The molecule has 14 heavy (non-hydrogen) atoms. The van der Waals surface area contributed by atoms with Gasteiger partial charge in [-0.05, 0) is 13.8 Å². The zero-order chi connectivity index (χ0) is 10.6. The molecule has 1 N–H and O–H groups in total. The molecule has 82 valence electrons. The highest BCUT2D eigenvalue weighted by molar-refractivity contribution is 8.06. The van der Waals surface area contributed by atoms with Gasteiger partial charge in [0, 0.05) is 29.1 Å². The van der Waals surface area contributed by atoms with Crippen molar-refractivity contribution in [3.63, 3.8) is 0 Å². The lowest BCUT2D eigenvalue weighted by molar-refractivity contribution is -0.130. The van der Waals surface area contributed by atoms with Crippen molar-refractivity contribution in [1.82, 2.24) is 5.32 Å². The maximum atomic E-state index is 13.1. The van der Waals surface area contributed by atoms with E-state index < -0.39 is 11.6 Å². The Bertz CT molecular complexity index is 199. The molecule has 0 aromatic carbocycles. The molecule has 0 aromatic heterocycles. The molecule has 1 amide bonds. The average molecular weight is 237 g/mol. The molecule has 2 nitrogen and oxygen atoms in total. The van der Waals surface area contributed by atoms with Crippen LogP contribution < -0.4 is 5.32 Å². The van der Waals surface area contributed by atoms with Gasteiger partial charge in [-0.1, -0.05) is 0 Å². The van der Waals surface area contributed by atoms with Gasteiger partial charge in [0.05, 0.1) is 0 Å². The molecule has 1 unspecified atom stereocenters. The fourth-order valence-electron chi connectivity index (χ4n) is 1.07. The number of halogens is 1. The fourth-order valence-corrected chi connectivity index (χ4v) is 3.68. The van der Waals surface area contributed by atoms with E-state index >= 15 is 0 Å². The zero-order valence-electron chi connectivity index (χ0n) is 8.51. The molecule has 1 aliphatic rings. The van der Waals surface area contributed by atoms with Crippen molar-refractivity contribution >= 4 is 29.4 Å². The van der Waals surface area contributed by atoms with Crippen LogP contribution in [0.15, 0.2) is 0 Å². The summed E-state index contributed by atoms with van der Waals surface area (Å²) in [5.74, 6) is 2.86. The van der Waals surface area contributed by atoms with Crippen molar-refractivity contribution in [2.75, 3.05) is 23.8 Å². The second-order valence-electron chi connectivity index (χ2n) is 3.75. The Labute approximate surface area is 92.8 Å². The summed E-state index contributed by atoms with van der Waals surface area (Å²) >= 11 is 3.75. The maximum absolute atomic E-state index is 13.1. The number of amides is 1. The van der Waals surface area contributed by atoms with Gasteiger partial charge in [0.2, 0.25) is 0 Å². The van der Waals surface area contributed by atoms with Crippen LogP contribution in [0.25, 0.3) is 0 Å². The molecule has 1 aliphatic heterocycles. The van der Waals surface area contributed by atoms with Gasteiger partial charge in [-0.2, -0.15) is 23.5 Å². The van der Waals surface area contributed by atoms with Crippen LogP contribution in [0.4, 0.5) is 4.39 Å². The van der Waals surface area contributed by atoms with Crippen molar-refractivity contribution in [2.45, 2.75) is 24.8 Å². The van der Waals surface area contributed by atoms with Crippen LogP contribution in [0, 0.1) is 0 Å². The summed E-state index contributed by atoms with van der Waals surface area (Å²) in [6, 6.07) is 0. The summed E-state index contributed by atoms with van der Waals surface area (Å²) < 4.78 is 13.1. The standard InChI is InChI=1S/C9H16FNOS2/c1-9(2,10)8(12)11-5-7-6-13-3-4-14-7/h7H,3-6H2,1-2H3,(H,11,12). The molecule has 1 heterocycles. The van der Waals surface area contributed by atoms with E-state index in [0.717, 1.165) is 11.5 Å². The van der Waals surface area contributed by atoms with E-state index in [1.807, 2.05) is 23.5 Å². The number of carbonyl (C=O) groups excluding carboxylic acids is 1. The van der Waals surface area contributed by atoms with Crippen molar-refractivity contribution in [2.24, 2.45) is 0 Å². The average Bonchev–Trinajstić information content (AvgIpc) is 2.14. The minimum atomic E-state index is -1.76. The summed E-state index contributed by atoms with van der Waals surface area (Å²) in [5, 5.41) is 3.09. The van der Waals surface area contributed by atoms with Gasteiger partial charge >= 0.3 is 0 Å². The first-order chi connectivity index (χ1) is 6.50. The van der Waals surface area contributed by atoms with E-state index in [9.17, 15) is 9.18 Å². The number of rotatable bonds is 3. The van der Waals surface area contributed by atoms with Gasteiger partial charge < -0.3 is 5.32 Å². The minimum absolute atomic E-state index is 0.444. The van der Waals surface area contributed by atoms with Crippen molar-refractivity contribution in [1.29, 1.82) is 0 Å². The number of carbonyl (C=O) groups is 1. The van der Waals surface area contributed by atoms with E-state index in [1.54, 1.807) is 0 Å². The van der Waals surface area contributed by atoms with Crippen LogP contribution in [0.5, 0.6) is 0 Å². The minimum Gasteiger partial charge on any atom is -0.352 e. The van der Waals surface area contributed by atoms with E-state index in [4.69, 9.17) is 0 Å². The van der Waals surface area contributed by atoms with Crippen molar-refractivity contribution in [3.8, 4) is 0 Å². The molecule has 0 spiro atoms. The lowest BCUT2D eigenvalue weighted by Crippen LogP contribution is -2.42. The van der Waals surface area contributed by atoms with Crippen LogP contribution in [-0.4, -0.2) is 40.6 Å². The molecular formula is C9H16FNOS2. The summed E-state index contributed by atoms with van der Waals surface area (Å²) in [6.07, 6.45) is 0. The summed E-state index contributed by atoms with van der Waals surface area (Å²) in [6.45, 7) is 3.15. The van der Waals surface area contributed by atoms with Crippen LogP contribution in [-0.2, 0) is 4.79 Å². The molecule has 1 fully saturated rings. The SMILES string of the molecule is CC(C)(F)C(=O)NCC1CSCCS1. The van der Waals surface area contributed by atoms with Gasteiger partial charge in [0.1, 0.15) is 0 Å². The third-order valence-corrected chi connectivity index (χ3v) is 4.76. The summed E-state index contributed by atoms with van der Waals surface area (Å²) in [7, 11) is 0. The second-order valence-corrected chi connectivity index (χ2v) is 6.31. The Kier molecular flexibility index (Phi) is 4.57. The zero-order valence-corrected chi connectivity index (χ0v) is 10.1. The Balaban J connectivity index is 2.22. The van der Waals surface area contributed by atoms with Gasteiger partial charge in [0.15, 0.2) is 5.67 Å². The largest absolute Gasteiger partial charge is 0.352 e. The third kappa shape index (κ3) is 4.09. The first-order valence-corrected chi connectivity index (χ1v) is 6.87. The fraction of sp³-hybridized carbons (Fsp3) is 0.889. The molecule has 0 saturated carbocycles. The molecule has 1 atom stereocenters. The predicted molar refractivity (Wildman–Crippen MR) is 61.8 cm³/mol. The molecule has 1 rings (SSSR count). The number of hydrogen-bond donors (Lipinski definition) is 1. The van der Waals surface area contributed by atoms with Crippen molar-refractivity contribution in [3.05, 3.63) is 0 Å². The predicted octanol–water partition coefficient (Wildman–Crippen LogP) is 1.70. The number of alkyl halides is 1. The Morgan fingerprint density at radius 3 is 2.79 bits per heavy atom. The van der Waals surface area contributed by atoms with Crippen LogP contribution >= 0.6 is 23.5 Å². The maximum Gasteiger partial charge on any atom is 0.257 e. The first-order valence-electron chi connectivity index (χ1n) is 4.66. The Morgan fingerprint density at radius 1 is 1.57 bits per heavy atom. The second kappa shape index (κ2) is 5.26. The van der Waals surface area contributed by atoms with Gasteiger partial charge in [0.25, 0.3) is 5.91 Å². The van der Waals surface area contributed by atoms with Gasteiger partial charge in [-0.25, -0.2) is 4.39 Å². The van der Waals surface area contributed by atoms with E-state index in [2.05, 4.69) is 5.32 Å². The van der Waals surface area contributed by atoms with Crippen LogP contribution in [0.1, 0.15) is 13.8 Å². The quantitative estimate of drug-likeness (QED) is 0.810. The molecule has 0 aromatic rings. The highest BCUT2D eigenvalue weighted by atomic mass is 32.2. The highest BCUT2D eigenvalue weighted by Gasteiger charge is 2.27. The number of nitrogens with one attached hydrogen (secondary N) is 1. The summed E-state index contributed by atoms with van der Waals surface area (Å²) in [5.41, 5.74) is -1.76. The summed E-state index contributed by atoms with van der Waals surface area (Å²) in [4.78, 5) is 11.2. The molecule has 5 heteroatoms. The van der Waals surface area contributed by atoms with Crippen LogP contribution in [0.3, 0.4) is 0 Å². The Morgan fingerprint density at radius 2 is 2.29 bits per heavy atom. The highest BCUT2D eigenvalue weighted by Crippen LogP contribution is 2.23. The first kappa shape index (κ1) is 12.2. The molecule has 0 radical (unpaired) electrons. The molecule has 1 saturated heterocycles. The van der Waals surface area contributed by atoms with Gasteiger partial charge in [-0.15, -0.1) is 0 Å². The lowest BCUT2D eigenvalue weighted by Gasteiger charge is -2.22. The Hall–Kier alpha value is 0.1000. The normalized spacial score (nSPS) is 23.2. The number of hydrogen-bond acceptors (Lipinski definition) is 3. The van der Waals surface area contributed by atoms with Gasteiger partial charge in [-0.3, -0.25) is 4.79 Å². The number of thioether (sulfide) groups is 2. The van der Waals surface area contributed by atoms with Crippen LogP contribution in [0.2, 0.25) is 0 Å².